The summed E-state index contributed by atoms with van der Waals surface area (Å²) in [6, 6.07) is 1.91. The smallest absolute Gasteiger partial charge is 0.328 e. The number of rotatable bonds is 5. The molecule has 1 unspecified atom stereocenters. The predicted octanol–water partition coefficient (Wildman–Crippen LogP) is 1.00. The zero-order valence-corrected chi connectivity index (χ0v) is 10.3. The highest BCUT2D eigenvalue weighted by Gasteiger charge is 2.16. The second-order valence-electron chi connectivity index (χ2n) is 3.49. The number of hydrogen-bond acceptors (Lipinski definition) is 7. The van der Waals surface area contributed by atoms with E-state index in [4.69, 9.17) is 0 Å². The molecule has 0 aliphatic rings. The number of nitrogens with one attached hydrogen (secondary N) is 2. The topological polar surface area (TPSA) is 106 Å². The first kappa shape index (κ1) is 13.7. The van der Waals surface area contributed by atoms with E-state index >= 15 is 0 Å². The molecule has 0 bridgehead atoms. The molecule has 0 saturated heterocycles. The van der Waals surface area contributed by atoms with Crippen LogP contribution in [0.1, 0.15) is 6.92 Å². The van der Waals surface area contributed by atoms with E-state index in [1.54, 1.807) is 14.0 Å². The van der Waals surface area contributed by atoms with Gasteiger partial charge in [-0.05, 0) is 6.92 Å². The maximum Gasteiger partial charge on any atom is 0.328 e. The molecule has 18 heavy (non-hydrogen) atoms. The molecule has 0 amide bonds. The number of pyridine rings is 1. The van der Waals surface area contributed by atoms with Gasteiger partial charge in [0, 0.05) is 7.05 Å². The van der Waals surface area contributed by atoms with Crippen LogP contribution in [0.5, 0.6) is 0 Å². The monoisotopic (exact) mass is 254 g/mol. The minimum atomic E-state index is -0.644. The van der Waals surface area contributed by atoms with E-state index in [1.165, 1.54) is 19.2 Å². The Hall–Kier alpha value is -2.38. The van der Waals surface area contributed by atoms with Gasteiger partial charge in [0.1, 0.15) is 17.7 Å². The second-order valence-corrected chi connectivity index (χ2v) is 3.49. The summed E-state index contributed by atoms with van der Waals surface area (Å²) in [7, 11) is 2.86. The number of methoxy groups -OCH3 is 1. The first-order valence-electron chi connectivity index (χ1n) is 5.16. The zero-order valence-electron chi connectivity index (χ0n) is 10.3. The van der Waals surface area contributed by atoms with Crippen LogP contribution >= 0.6 is 0 Å². The van der Waals surface area contributed by atoms with E-state index in [-0.39, 0.29) is 11.5 Å². The fourth-order valence-electron chi connectivity index (χ4n) is 1.28. The molecule has 0 spiro atoms. The highest BCUT2D eigenvalue weighted by atomic mass is 16.6. The third-order valence-electron chi connectivity index (χ3n) is 2.20. The maximum absolute atomic E-state index is 11.2. The summed E-state index contributed by atoms with van der Waals surface area (Å²) < 4.78 is 4.54. The Bertz CT molecular complexity index is 463. The molecule has 8 heteroatoms. The van der Waals surface area contributed by atoms with Gasteiger partial charge in [0.15, 0.2) is 0 Å². The van der Waals surface area contributed by atoms with Gasteiger partial charge in [0.05, 0.1) is 24.2 Å². The van der Waals surface area contributed by atoms with Gasteiger partial charge in [0.25, 0.3) is 5.69 Å². The third-order valence-corrected chi connectivity index (χ3v) is 2.20. The van der Waals surface area contributed by atoms with Crippen molar-refractivity contribution in [3.63, 3.8) is 0 Å². The van der Waals surface area contributed by atoms with Crippen molar-refractivity contribution < 1.29 is 14.5 Å². The number of aromatic nitrogens is 1. The molecule has 0 fully saturated rings. The quantitative estimate of drug-likeness (QED) is 0.458. The molecule has 0 aromatic carbocycles. The summed E-state index contributed by atoms with van der Waals surface area (Å²) in [5.41, 5.74) is -0.117. The van der Waals surface area contributed by atoms with Crippen molar-refractivity contribution in [2.75, 3.05) is 24.8 Å². The average molecular weight is 254 g/mol. The number of carbonyl (C=O) groups is 1. The fourth-order valence-corrected chi connectivity index (χ4v) is 1.28. The van der Waals surface area contributed by atoms with Crippen molar-refractivity contribution in [3.05, 3.63) is 22.2 Å². The summed E-state index contributed by atoms with van der Waals surface area (Å²) in [4.78, 5) is 25.5. The molecular weight excluding hydrogens is 240 g/mol. The Morgan fingerprint density at radius 1 is 1.50 bits per heavy atom. The van der Waals surface area contributed by atoms with Crippen LogP contribution in [0.25, 0.3) is 0 Å². The van der Waals surface area contributed by atoms with Crippen LogP contribution in [0.2, 0.25) is 0 Å². The van der Waals surface area contributed by atoms with Crippen LogP contribution in [0.3, 0.4) is 0 Å². The number of hydrogen-bond donors (Lipinski definition) is 2. The van der Waals surface area contributed by atoms with Crippen LogP contribution in [0.15, 0.2) is 12.1 Å². The predicted molar refractivity (Wildman–Crippen MR) is 65.5 cm³/mol. The van der Waals surface area contributed by atoms with Crippen LogP contribution in [-0.4, -0.2) is 36.1 Å². The van der Waals surface area contributed by atoms with E-state index in [2.05, 4.69) is 20.4 Å². The molecule has 0 aliphatic heterocycles. The molecule has 1 rings (SSSR count). The Balaban J connectivity index is 2.98. The Labute approximate surface area is 104 Å². The lowest BCUT2D eigenvalue weighted by Gasteiger charge is -2.12. The van der Waals surface area contributed by atoms with Crippen molar-refractivity contribution in [2.24, 2.45) is 0 Å². The molecule has 1 aromatic rings. The van der Waals surface area contributed by atoms with E-state index in [0.717, 1.165) is 0 Å². The van der Waals surface area contributed by atoms with Gasteiger partial charge in [-0.2, -0.15) is 0 Å². The minimum Gasteiger partial charge on any atom is -0.467 e. The van der Waals surface area contributed by atoms with Crippen LogP contribution in [-0.2, 0) is 9.53 Å². The van der Waals surface area contributed by atoms with E-state index in [0.29, 0.717) is 5.82 Å². The Morgan fingerprint density at radius 3 is 2.61 bits per heavy atom. The van der Waals surface area contributed by atoms with Crippen molar-refractivity contribution in [1.82, 2.24) is 4.98 Å². The van der Waals surface area contributed by atoms with Gasteiger partial charge in [-0.1, -0.05) is 0 Å². The first-order valence-corrected chi connectivity index (χ1v) is 5.16. The molecule has 0 saturated carbocycles. The lowest BCUT2D eigenvalue weighted by Crippen LogP contribution is -2.27. The molecule has 1 heterocycles. The van der Waals surface area contributed by atoms with Crippen molar-refractivity contribution in [2.45, 2.75) is 13.0 Å². The summed E-state index contributed by atoms with van der Waals surface area (Å²) in [5.74, 6) is 0.0875. The van der Waals surface area contributed by atoms with Crippen molar-refractivity contribution in [1.29, 1.82) is 0 Å². The summed E-state index contributed by atoms with van der Waals surface area (Å²) in [6.45, 7) is 1.57. The third kappa shape index (κ3) is 3.30. The lowest BCUT2D eigenvalue weighted by molar-refractivity contribution is -0.384. The lowest BCUT2D eigenvalue weighted by atomic mass is 10.3. The Morgan fingerprint density at radius 2 is 2.11 bits per heavy atom. The molecule has 98 valence electrons. The number of nitrogens with zero attached hydrogens (tertiary/aromatic N) is 2. The summed E-state index contributed by atoms with van der Waals surface area (Å²) >= 11 is 0. The van der Waals surface area contributed by atoms with Crippen LogP contribution < -0.4 is 10.6 Å². The SMILES string of the molecule is CNc1cc([N+](=O)[O-])cc(NC(C)C(=O)OC)n1. The van der Waals surface area contributed by atoms with Crippen molar-refractivity contribution >= 4 is 23.3 Å². The largest absolute Gasteiger partial charge is 0.467 e. The summed E-state index contributed by atoms with van der Waals surface area (Å²) in [5, 5.41) is 16.2. The van der Waals surface area contributed by atoms with Gasteiger partial charge in [-0.3, -0.25) is 10.1 Å². The second kappa shape index (κ2) is 5.80. The van der Waals surface area contributed by atoms with Gasteiger partial charge >= 0.3 is 5.97 Å². The number of anilines is 2. The average Bonchev–Trinajstić information content (AvgIpc) is 2.36. The van der Waals surface area contributed by atoms with Gasteiger partial charge in [-0.25, -0.2) is 9.78 Å². The van der Waals surface area contributed by atoms with Gasteiger partial charge < -0.3 is 15.4 Å². The van der Waals surface area contributed by atoms with E-state index < -0.39 is 16.9 Å². The maximum atomic E-state index is 11.2. The fraction of sp³-hybridized carbons (Fsp3) is 0.400. The standard InChI is InChI=1S/C10H14N4O4/c1-6(10(15)18-3)12-9-5-7(14(16)17)4-8(11-2)13-9/h4-6H,1-3H3,(H2,11,12,13). The molecule has 8 nitrogen and oxygen atoms in total. The number of esters is 1. The van der Waals surface area contributed by atoms with Crippen LogP contribution in [0.4, 0.5) is 17.3 Å². The number of carbonyl (C=O) groups excluding carboxylic acids is 1. The highest BCUT2D eigenvalue weighted by molar-refractivity contribution is 5.78. The molecule has 1 atom stereocenters. The molecule has 1 aromatic heterocycles. The normalized spacial score (nSPS) is 11.5. The van der Waals surface area contributed by atoms with Gasteiger partial charge in [0.2, 0.25) is 0 Å². The molecule has 0 radical (unpaired) electrons. The zero-order chi connectivity index (χ0) is 13.7. The molecular formula is C10H14N4O4. The number of nitro groups is 1. The van der Waals surface area contributed by atoms with Crippen molar-refractivity contribution in [3.8, 4) is 0 Å². The molecule has 0 aliphatic carbocycles. The van der Waals surface area contributed by atoms with E-state index in [9.17, 15) is 14.9 Å². The highest BCUT2D eigenvalue weighted by Crippen LogP contribution is 2.20. The summed E-state index contributed by atoms with van der Waals surface area (Å²) in [6.07, 6.45) is 0. The van der Waals surface area contributed by atoms with Crippen LogP contribution in [0, 0.1) is 10.1 Å². The Kier molecular flexibility index (Phi) is 4.41. The first-order chi connectivity index (χ1) is 8.47. The number of ether oxygens (including phenoxy) is 1. The minimum absolute atomic E-state index is 0.117. The molecule has 2 N–H and O–H groups in total. The van der Waals surface area contributed by atoms with E-state index in [1.807, 2.05) is 0 Å². The van der Waals surface area contributed by atoms with Gasteiger partial charge in [-0.15, -0.1) is 0 Å².